The van der Waals surface area contributed by atoms with Crippen LogP contribution in [-0.4, -0.2) is 22.8 Å². The second kappa shape index (κ2) is 7.32. The van der Waals surface area contributed by atoms with Crippen molar-refractivity contribution in [2.24, 2.45) is 5.92 Å². The Morgan fingerprint density at radius 2 is 1.64 bits per heavy atom. The molecule has 0 radical (unpaired) electrons. The first-order valence-corrected chi connectivity index (χ1v) is 9.53. The molecule has 2 fully saturated rings. The van der Waals surface area contributed by atoms with Gasteiger partial charge in [0, 0.05) is 30.1 Å². The Hall–Kier alpha value is -2.21. The van der Waals surface area contributed by atoms with Gasteiger partial charge in [-0.15, -0.1) is 0 Å². The second-order valence-corrected chi connectivity index (χ2v) is 7.77. The van der Waals surface area contributed by atoms with Gasteiger partial charge in [0.15, 0.2) is 5.78 Å². The second-order valence-electron chi connectivity index (χ2n) is 7.77. The summed E-state index contributed by atoms with van der Waals surface area (Å²) in [4.78, 5) is 15.3. The highest BCUT2D eigenvalue weighted by Gasteiger charge is 2.43. The highest BCUT2D eigenvalue weighted by molar-refractivity contribution is 5.98. The first-order chi connectivity index (χ1) is 13.3. The number of carbonyl (C=O) groups excluding carboxylic acids is 1. The number of piperidine rings is 1. The minimum Gasteiger partial charge on any atom is -0.294 e. The molecule has 28 heavy (non-hydrogen) atoms. The zero-order valence-electron chi connectivity index (χ0n) is 15.3. The Labute approximate surface area is 161 Å². The van der Waals surface area contributed by atoms with Gasteiger partial charge in [0.25, 0.3) is 0 Å². The number of alkyl halides is 3. The van der Waals surface area contributed by atoms with E-state index in [4.69, 9.17) is 0 Å². The highest BCUT2D eigenvalue weighted by atomic mass is 19.4. The fourth-order valence-corrected chi connectivity index (χ4v) is 4.67. The van der Waals surface area contributed by atoms with Crippen LogP contribution >= 0.6 is 0 Å². The maximum atomic E-state index is 13.9. The average Bonchev–Trinajstić information content (AvgIpc) is 2.88. The van der Waals surface area contributed by atoms with Gasteiger partial charge >= 0.3 is 6.18 Å². The first kappa shape index (κ1) is 19.1. The van der Waals surface area contributed by atoms with Crippen LogP contribution in [-0.2, 0) is 12.7 Å². The quantitative estimate of drug-likeness (QED) is 0.509. The van der Waals surface area contributed by atoms with Crippen LogP contribution in [0, 0.1) is 11.7 Å². The molecule has 2 saturated heterocycles. The third-order valence-electron chi connectivity index (χ3n) is 6.02. The normalized spacial score (nSPS) is 25.1. The molecule has 4 rings (SSSR count). The maximum Gasteiger partial charge on any atom is 0.419 e. The molecule has 0 spiro atoms. The number of benzene rings is 2. The van der Waals surface area contributed by atoms with E-state index in [0.29, 0.717) is 18.9 Å². The van der Waals surface area contributed by atoms with E-state index in [1.807, 2.05) is 18.2 Å². The maximum absolute atomic E-state index is 13.9. The van der Waals surface area contributed by atoms with Crippen molar-refractivity contribution in [3.05, 3.63) is 71.0 Å². The van der Waals surface area contributed by atoms with Crippen LogP contribution in [0.5, 0.6) is 0 Å². The van der Waals surface area contributed by atoms with Crippen molar-refractivity contribution >= 4 is 5.78 Å². The molecule has 2 aliphatic rings. The SMILES string of the molecule is O=C(c1ccc(C(F)(F)F)c(F)c1)C1CC2CCC(C1)N2Cc1ccccc1. The molecule has 0 amide bonds. The van der Waals surface area contributed by atoms with Gasteiger partial charge in [-0.2, -0.15) is 13.2 Å². The molecule has 2 bridgehead atoms. The summed E-state index contributed by atoms with van der Waals surface area (Å²) < 4.78 is 52.1. The molecule has 2 aromatic carbocycles. The Bertz CT molecular complexity index is 851. The van der Waals surface area contributed by atoms with Crippen LogP contribution in [0.2, 0.25) is 0 Å². The number of rotatable bonds is 4. The van der Waals surface area contributed by atoms with Crippen molar-refractivity contribution in [3.8, 4) is 0 Å². The molecule has 6 heteroatoms. The highest BCUT2D eigenvalue weighted by Crippen LogP contribution is 2.41. The van der Waals surface area contributed by atoms with Gasteiger partial charge < -0.3 is 0 Å². The minimum absolute atomic E-state index is 0.0337. The van der Waals surface area contributed by atoms with E-state index in [9.17, 15) is 22.4 Å². The van der Waals surface area contributed by atoms with Crippen LogP contribution in [0.15, 0.2) is 48.5 Å². The van der Waals surface area contributed by atoms with Gasteiger partial charge in [-0.3, -0.25) is 9.69 Å². The molecule has 0 saturated carbocycles. The summed E-state index contributed by atoms with van der Waals surface area (Å²) in [6.07, 6.45) is -1.38. The predicted molar refractivity (Wildman–Crippen MR) is 97.3 cm³/mol. The van der Waals surface area contributed by atoms with Gasteiger partial charge in [-0.1, -0.05) is 36.4 Å². The lowest BCUT2D eigenvalue weighted by Gasteiger charge is -2.38. The van der Waals surface area contributed by atoms with E-state index >= 15 is 0 Å². The zero-order valence-corrected chi connectivity index (χ0v) is 15.3. The molecule has 2 atom stereocenters. The molecule has 0 aromatic heterocycles. The minimum atomic E-state index is -4.76. The summed E-state index contributed by atoms with van der Waals surface area (Å²) in [6.45, 7) is 0.839. The molecule has 2 heterocycles. The van der Waals surface area contributed by atoms with Crippen molar-refractivity contribution in [2.75, 3.05) is 0 Å². The zero-order chi connectivity index (χ0) is 19.9. The van der Waals surface area contributed by atoms with Crippen molar-refractivity contribution in [2.45, 2.75) is 50.5 Å². The van der Waals surface area contributed by atoms with Crippen molar-refractivity contribution in [3.63, 3.8) is 0 Å². The third-order valence-corrected chi connectivity index (χ3v) is 6.02. The van der Waals surface area contributed by atoms with Crippen molar-refractivity contribution in [1.29, 1.82) is 0 Å². The Kier molecular flexibility index (Phi) is 5.00. The lowest BCUT2D eigenvalue weighted by molar-refractivity contribution is -0.140. The lowest BCUT2D eigenvalue weighted by atomic mass is 9.84. The van der Waals surface area contributed by atoms with Crippen molar-refractivity contribution < 1.29 is 22.4 Å². The summed E-state index contributed by atoms with van der Waals surface area (Å²) in [5.41, 5.74) is -0.0674. The number of halogens is 4. The molecule has 2 aromatic rings. The van der Waals surface area contributed by atoms with Crippen LogP contribution in [0.3, 0.4) is 0 Å². The van der Waals surface area contributed by atoms with Gasteiger partial charge in [-0.25, -0.2) is 4.39 Å². The summed E-state index contributed by atoms with van der Waals surface area (Å²) in [5, 5.41) is 0. The number of carbonyl (C=O) groups is 1. The fourth-order valence-electron chi connectivity index (χ4n) is 4.67. The van der Waals surface area contributed by atoms with Gasteiger partial charge in [0.2, 0.25) is 0 Å². The Balaban J connectivity index is 1.47. The number of hydrogen-bond acceptors (Lipinski definition) is 2. The molecule has 2 aliphatic heterocycles. The van der Waals surface area contributed by atoms with Crippen LogP contribution in [0.4, 0.5) is 17.6 Å². The molecule has 148 valence electrons. The molecule has 0 aliphatic carbocycles. The number of hydrogen-bond donors (Lipinski definition) is 0. The van der Waals surface area contributed by atoms with E-state index in [-0.39, 0.29) is 29.3 Å². The van der Waals surface area contributed by atoms with E-state index in [0.717, 1.165) is 31.5 Å². The average molecular weight is 391 g/mol. The van der Waals surface area contributed by atoms with E-state index in [2.05, 4.69) is 17.0 Å². The van der Waals surface area contributed by atoms with E-state index in [1.54, 1.807) is 0 Å². The summed E-state index contributed by atoms with van der Waals surface area (Å²) in [6, 6.07) is 13.2. The number of fused-ring (bicyclic) bond motifs is 2. The number of Topliss-reactive ketones (excluding diaryl/α,β-unsaturated/α-hetero) is 1. The predicted octanol–water partition coefficient (Wildman–Crippen LogP) is 5.47. The number of nitrogens with zero attached hydrogens (tertiary/aromatic N) is 1. The molecule has 2 nitrogen and oxygen atoms in total. The van der Waals surface area contributed by atoms with E-state index in [1.165, 1.54) is 5.56 Å². The van der Waals surface area contributed by atoms with Gasteiger partial charge in [0.1, 0.15) is 5.82 Å². The smallest absolute Gasteiger partial charge is 0.294 e. The third kappa shape index (κ3) is 3.70. The first-order valence-electron chi connectivity index (χ1n) is 9.53. The monoisotopic (exact) mass is 391 g/mol. The van der Waals surface area contributed by atoms with Crippen molar-refractivity contribution in [1.82, 2.24) is 4.90 Å². The lowest BCUT2D eigenvalue weighted by Crippen LogP contribution is -2.44. The molecule has 2 unspecified atom stereocenters. The molecular formula is C22H21F4NO. The van der Waals surface area contributed by atoms with Crippen LogP contribution < -0.4 is 0 Å². The fraction of sp³-hybridized carbons (Fsp3) is 0.409. The van der Waals surface area contributed by atoms with Crippen LogP contribution in [0.1, 0.15) is 47.2 Å². The molecule has 0 N–H and O–H groups in total. The molecular weight excluding hydrogens is 370 g/mol. The largest absolute Gasteiger partial charge is 0.419 e. The van der Waals surface area contributed by atoms with Gasteiger partial charge in [0.05, 0.1) is 5.56 Å². The summed E-state index contributed by atoms with van der Waals surface area (Å²) >= 11 is 0. The van der Waals surface area contributed by atoms with Gasteiger partial charge in [-0.05, 0) is 43.4 Å². The Morgan fingerprint density at radius 1 is 1.00 bits per heavy atom. The van der Waals surface area contributed by atoms with E-state index < -0.39 is 17.6 Å². The van der Waals surface area contributed by atoms with Crippen LogP contribution in [0.25, 0.3) is 0 Å². The standard InChI is InChI=1S/C22H21F4NO/c23-20-12-15(6-9-19(20)22(24,25)26)21(28)16-10-17-7-8-18(11-16)27(17)13-14-4-2-1-3-5-14/h1-6,9,12,16-18H,7-8,10-11,13H2. The summed E-state index contributed by atoms with van der Waals surface area (Å²) in [5.74, 6) is -1.90. The topological polar surface area (TPSA) is 20.3 Å². The Morgan fingerprint density at radius 3 is 2.21 bits per heavy atom. The summed E-state index contributed by atoms with van der Waals surface area (Å²) in [7, 11) is 0. The number of ketones is 1.